The third-order valence-corrected chi connectivity index (χ3v) is 7.16. The topological polar surface area (TPSA) is 108 Å². The van der Waals surface area contributed by atoms with Crippen LogP contribution >= 0.6 is 22.9 Å². The van der Waals surface area contributed by atoms with E-state index in [0.29, 0.717) is 21.2 Å². The molecule has 180 valence electrons. The minimum atomic E-state index is -0.537. The average Bonchev–Trinajstić information content (AvgIpc) is 3.51. The van der Waals surface area contributed by atoms with Crippen molar-refractivity contribution in [1.29, 1.82) is 0 Å². The molecule has 0 bridgehead atoms. The maximum Gasteiger partial charge on any atom is 0.341 e. The molecule has 1 aromatic carbocycles. The second-order valence-electron chi connectivity index (χ2n) is 7.95. The summed E-state index contributed by atoms with van der Waals surface area (Å²) < 4.78 is 21.9. The normalized spacial score (nSPS) is 12.9. The van der Waals surface area contributed by atoms with Gasteiger partial charge < -0.3 is 23.6 Å². The quantitative estimate of drug-likeness (QED) is 0.341. The highest BCUT2D eigenvalue weighted by Crippen LogP contribution is 2.38. The minimum Gasteiger partial charge on any atom is -0.476 e. The van der Waals surface area contributed by atoms with Crippen LogP contribution in [-0.4, -0.2) is 25.6 Å². The lowest BCUT2D eigenvalue weighted by Crippen LogP contribution is -2.23. The number of esters is 1. The monoisotopic (exact) mass is 513 g/mol. The van der Waals surface area contributed by atoms with Gasteiger partial charge in [0, 0.05) is 9.90 Å². The maximum absolute atomic E-state index is 13.2. The molecule has 0 unspecified atom stereocenters. The lowest BCUT2D eigenvalue weighted by atomic mass is 9.95. The van der Waals surface area contributed by atoms with Crippen LogP contribution in [0, 0.1) is 0 Å². The number of aryl methyl sites for hydroxylation is 1. The van der Waals surface area contributed by atoms with Gasteiger partial charge in [-0.05, 0) is 61.6 Å². The largest absolute Gasteiger partial charge is 0.476 e. The lowest BCUT2D eigenvalue weighted by Gasteiger charge is -2.12. The predicted octanol–water partition coefficient (Wildman–Crippen LogP) is 5.45. The van der Waals surface area contributed by atoms with E-state index in [1.807, 2.05) is 0 Å². The van der Waals surface area contributed by atoms with Gasteiger partial charge in [-0.25, -0.2) is 4.79 Å². The van der Waals surface area contributed by atoms with E-state index in [2.05, 4.69) is 5.32 Å². The van der Waals surface area contributed by atoms with Gasteiger partial charge in [-0.2, -0.15) is 0 Å². The molecule has 3 aromatic heterocycles. The molecule has 10 heteroatoms. The van der Waals surface area contributed by atoms with Crippen molar-refractivity contribution in [2.45, 2.75) is 25.7 Å². The Morgan fingerprint density at radius 3 is 2.80 bits per heavy atom. The SMILES string of the molecule is COC(=O)c1c(NC(=O)COc2c(-c3ccco3)oc3ccc(Cl)cc3c2=O)sc2c1CCCC2. The lowest BCUT2D eigenvalue weighted by molar-refractivity contribution is -0.118. The fraction of sp³-hybridized carbons (Fsp3) is 0.240. The molecule has 1 amide bonds. The number of rotatable bonds is 6. The number of halogens is 1. The van der Waals surface area contributed by atoms with Gasteiger partial charge in [0.2, 0.25) is 16.9 Å². The molecule has 35 heavy (non-hydrogen) atoms. The van der Waals surface area contributed by atoms with Crippen LogP contribution < -0.4 is 15.5 Å². The van der Waals surface area contributed by atoms with E-state index in [4.69, 9.17) is 29.9 Å². The number of methoxy groups -OCH3 is 1. The Labute approximate surface area is 208 Å². The van der Waals surface area contributed by atoms with E-state index < -0.39 is 23.9 Å². The van der Waals surface area contributed by atoms with E-state index in [9.17, 15) is 14.4 Å². The van der Waals surface area contributed by atoms with E-state index in [1.54, 1.807) is 24.3 Å². The highest BCUT2D eigenvalue weighted by atomic mass is 35.5. The first-order valence-electron chi connectivity index (χ1n) is 10.9. The first-order chi connectivity index (χ1) is 17.0. The summed E-state index contributed by atoms with van der Waals surface area (Å²) in [6, 6.07) is 7.91. The summed E-state index contributed by atoms with van der Waals surface area (Å²) >= 11 is 7.42. The van der Waals surface area contributed by atoms with E-state index in [0.717, 1.165) is 36.1 Å². The Morgan fingerprint density at radius 1 is 1.20 bits per heavy atom. The van der Waals surface area contributed by atoms with Gasteiger partial charge in [0.1, 0.15) is 10.6 Å². The van der Waals surface area contributed by atoms with E-state index >= 15 is 0 Å². The van der Waals surface area contributed by atoms with E-state index in [1.165, 1.54) is 30.8 Å². The number of benzene rings is 1. The van der Waals surface area contributed by atoms with Crippen LogP contribution in [0.25, 0.3) is 22.5 Å². The number of nitrogens with one attached hydrogen (secondary N) is 1. The van der Waals surface area contributed by atoms with Crippen molar-refractivity contribution in [3.63, 3.8) is 0 Å². The highest BCUT2D eigenvalue weighted by Gasteiger charge is 2.27. The molecule has 0 saturated carbocycles. The van der Waals surface area contributed by atoms with Gasteiger partial charge in [0.25, 0.3) is 5.91 Å². The van der Waals surface area contributed by atoms with Gasteiger partial charge in [0.05, 0.1) is 24.3 Å². The molecule has 0 aliphatic heterocycles. The number of carbonyl (C=O) groups excluding carboxylic acids is 2. The van der Waals surface area contributed by atoms with Gasteiger partial charge in [-0.3, -0.25) is 9.59 Å². The van der Waals surface area contributed by atoms with Crippen LogP contribution in [0.3, 0.4) is 0 Å². The van der Waals surface area contributed by atoms with Crippen molar-refractivity contribution >= 4 is 50.8 Å². The minimum absolute atomic E-state index is 0.0597. The maximum atomic E-state index is 13.2. The predicted molar refractivity (Wildman–Crippen MR) is 132 cm³/mol. The molecule has 1 N–H and O–H groups in total. The summed E-state index contributed by atoms with van der Waals surface area (Å²) in [6.07, 6.45) is 5.05. The van der Waals surface area contributed by atoms with Crippen molar-refractivity contribution in [3.05, 3.63) is 67.8 Å². The fourth-order valence-electron chi connectivity index (χ4n) is 4.12. The second-order valence-corrected chi connectivity index (χ2v) is 9.49. The molecule has 0 spiro atoms. The first kappa shape index (κ1) is 23.2. The number of carbonyl (C=O) groups is 2. The van der Waals surface area contributed by atoms with Crippen molar-refractivity contribution in [2.24, 2.45) is 0 Å². The molecule has 3 heterocycles. The number of hydrogen-bond donors (Lipinski definition) is 1. The number of furan rings is 1. The zero-order chi connectivity index (χ0) is 24.5. The smallest absolute Gasteiger partial charge is 0.341 e. The first-order valence-corrected chi connectivity index (χ1v) is 12.1. The molecule has 8 nitrogen and oxygen atoms in total. The van der Waals surface area contributed by atoms with Crippen LogP contribution in [-0.2, 0) is 22.4 Å². The van der Waals surface area contributed by atoms with Crippen LogP contribution in [0.15, 0.2) is 50.2 Å². The number of fused-ring (bicyclic) bond motifs is 2. The second kappa shape index (κ2) is 9.59. The zero-order valence-corrected chi connectivity index (χ0v) is 20.2. The summed E-state index contributed by atoms with van der Waals surface area (Å²) in [7, 11) is 1.31. The third-order valence-electron chi connectivity index (χ3n) is 5.72. The van der Waals surface area contributed by atoms with Crippen LogP contribution in [0.4, 0.5) is 5.00 Å². The van der Waals surface area contributed by atoms with Crippen LogP contribution in [0.5, 0.6) is 5.75 Å². The number of ether oxygens (including phenoxy) is 2. The summed E-state index contributed by atoms with van der Waals surface area (Å²) in [5, 5.41) is 3.74. The van der Waals surface area contributed by atoms with Crippen molar-refractivity contribution < 1.29 is 27.9 Å². The molecular formula is C25H20ClNO7S. The van der Waals surface area contributed by atoms with Crippen molar-refractivity contribution in [2.75, 3.05) is 19.0 Å². The molecule has 5 rings (SSSR count). The zero-order valence-electron chi connectivity index (χ0n) is 18.6. The molecule has 1 aliphatic rings. The summed E-state index contributed by atoms with van der Waals surface area (Å²) in [5.74, 6) is -0.876. The molecule has 0 radical (unpaired) electrons. The summed E-state index contributed by atoms with van der Waals surface area (Å²) in [5.41, 5.74) is 1.12. The molecular weight excluding hydrogens is 494 g/mol. The molecule has 0 atom stereocenters. The Bertz CT molecular complexity index is 1490. The van der Waals surface area contributed by atoms with Crippen molar-refractivity contribution in [1.82, 2.24) is 0 Å². The van der Waals surface area contributed by atoms with Crippen LogP contribution in [0.2, 0.25) is 5.02 Å². The van der Waals surface area contributed by atoms with Crippen molar-refractivity contribution in [3.8, 4) is 17.3 Å². The average molecular weight is 514 g/mol. The standard InChI is InChI=1S/C25H20ClNO7S/c1-31-25(30)20-14-5-2-3-7-18(14)35-24(20)27-19(28)12-33-23-21(29)15-11-13(26)8-9-16(15)34-22(23)17-6-4-10-32-17/h4,6,8-11H,2-3,5,7,12H2,1H3,(H,27,28). The Morgan fingerprint density at radius 2 is 2.03 bits per heavy atom. The highest BCUT2D eigenvalue weighted by molar-refractivity contribution is 7.17. The number of thiophene rings is 1. The van der Waals surface area contributed by atoms with Gasteiger partial charge in [-0.1, -0.05) is 11.6 Å². The Hall–Kier alpha value is -3.56. The van der Waals surface area contributed by atoms with Gasteiger partial charge >= 0.3 is 5.97 Å². The van der Waals surface area contributed by atoms with Gasteiger partial charge in [-0.15, -0.1) is 11.3 Å². The van der Waals surface area contributed by atoms with E-state index in [-0.39, 0.29) is 22.7 Å². The number of hydrogen-bond acceptors (Lipinski definition) is 8. The molecule has 4 aromatic rings. The summed E-state index contributed by atoms with van der Waals surface area (Å²) in [4.78, 5) is 39.5. The molecule has 1 aliphatic carbocycles. The van der Waals surface area contributed by atoms with Crippen LogP contribution in [0.1, 0.15) is 33.6 Å². The molecule has 0 saturated heterocycles. The fourth-order valence-corrected chi connectivity index (χ4v) is 5.59. The number of amides is 1. The third kappa shape index (κ3) is 4.44. The van der Waals surface area contributed by atoms with Gasteiger partial charge in [0.15, 0.2) is 12.4 Å². The summed E-state index contributed by atoms with van der Waals surface area (Å²) in [6.45, 7) is -0.492. The Balaban J connectivity index is 1.44. The molecule has 0 fully saturated rings. The number of anilines is 1. The Kier molecular flexibility index (Phi) is 6.36.